The van der Waals surface area contributed by atoms with Crippen LogP contribution in [-0.2, 0) is 16.0 Å². The van der Waals surface area contributed by atoms with Crippen LogP contribution in [0.1, 0.15) is 31.2 Å². The molecule has 4 nitrogen and oxygen atoms in total. The van der Waals surface area contributed by atoms with E-state index in [9.17, 15) is 4.79 Å². The maximum atomic E-state index is 12.2. The van der Waals surface area contributed by atoms with Gasteiger partial charge in [0, 0.05) is 18.8 Å². The quantitative estimate of drug-likeness (QED) is 0.776. The average molecular weight is 276 g/mol. The summed E-state index contributed by atoms with van der Waals surface area (Å²) in [4.78, 5) is 14.1. The fraction of sp³-hybridized carbons (Fsp3) is 0.562. The van der Waals surface area contributed by atoms with Gasteiger partial charge in [0.25, 0.3) is 5.91 Å². The average Bonchev–Trinajstić information content (AvgIpc) is 2.50. The molecule has 1 heterocycles. The summed E-state index contributed by atoms with van der Waals surface area (Å²) < 4.78 is 5.48. The van der Waals surface area contributed by atoms with E-state index in [0.29, 0.717) is 6.61 Å². The Morgan fingerprint density at radius 3 is 2.95 bits per heavy atom. The molecule has 1 amide bonds. The molecule has 0 atom stereocenters. The lowest BCUT2D eigenvalue weighted by atomic mass is 10.0. The molecule has 1 aliphatic rings. The highest BCUT2D eigenvalue weighted by molar-refractivity contribution is 5.95. The van der Waals surface area contributed by atoms with E-state index in [1.165, 1.54) is 5.56 Å². The number of benzene rings is 1. The van der Waals surface area contributed by atoms with Crippen molar-refractivity contribution in [3.63, 3.8) is 0 Å². The molecule has 0 aromatic heterocycles. The number of carbonyl (C=O) groups excluding carboxylic acids is 1. The molecule has 2 N–H and O–H groups in total. The minimum Gasteiger partial charge on any atom is -0.372 e. The van der Waals surface area contributed by atoms with Crippen molar-refractivity contribution in [3.8, 4) is 0 Å². The molecule has 110 valence electrons. The Morgan fingerprint density at radius 1 is 1.25 bits per heavy atom. The summed E-state index contributed by atoms with van der Waals surface area (Å²) in [5, 5.41) is 0. The van der Waals surface area contributed by atoms with E-state index in [0.717, 1.165) is 50.9 Å². The fourth-order valence-electron chi connectivity index (χ4n) is 2.56. The van der Waals surface area contributed by atoms with Crippen LogP contribution < -0.4 is 10.6 Å². The third-order valence-corrected chi connectivity index (χ3v) is 3.63. The number of anilines is 1. The van der Waals surface area contributed by atoms with Crippen LogP contribution in [0.4, 0.5) is 5.69 Å². The molecule has 0 unspecified atom stereocenters. The molecular formula is C16H24N2O2. The smallest absolute Gasteiger partial charge is 0.252 e. The van der Waals surface area contributed by atoms with Crippen LogP contribution in [-0.4, -0.2) is 32.2 Å². The Balaban J connectivity index is 1.79. The molecule has 0 radical (unpaired) electrons. The number of rotatable bonds is 7. The number of ether oxygens (including phenoxy) is 1. The second-order valence-corrected chi connectivity index (χ2v) is 5.18. The highest BCUT2D eigenvalue weighted by atomic mass is 16.5. The van der Waals surface area contributed by atoms with Gasteiger partial charge in [-0.15, -0.1) is 0 Å². The lowest BCUT2D eigenvalue weighted by Gasteiger charge is -2.29. The molecule has 1 aromatic rings. The number of nitrogens with zero attached hydrogens (tertiary/aromatic N) is 1. The lowest BCUT2D eigenvalue weighted by molar-refractivity contribution is -0.123. The number of unbranched alkanes of at least 4 members (excludes halogenated alkanes) is 2. The number of fused-ring (bicyclic) bond motifs is 1. The van der Waals surface area contributed by atoms with E-state index >= 15 is 0 Å². The lowest BCUT2D eigenvalue weighted by Crippen LogP contribution is -2.38. The Hall–Kier alpha value is -1.39. The number of hydrogen-bond acceptors (Lipinski definition) is 3. The second-order valence-electron chi connectivity index (χ2n) is 5.18. The van der Waals surface area contributed by atoms with E-state index in [1.54, 1.807) is 0 Å². The van der Waals surface area contributed by atoms with Crippen molar-refractivity contribution < 1.29 is 9.53 Å². The predicted octanol–water partition coefficient (Wildman–Crippen LogP) is 2.11. The summed E-state index contributed by atoms with van der Waals surface area (Å²) in [5.74, 6) is 0.0657. The molecular weight excluding hydrogens is 252 g/mol. The van der Waals surface area contributed by atoms with Gasteiger partial charge in [0.15, 0.2) is 0 Å². The molecule has 2 rings (SSSR count). The van der Waals surface area contributed by atoms with Gasteiger partial charge >= 0.3 is 0 Å². The highest BCUT2D eigenvalue weighted by Crippen LogP contribution is 2.26. The van der Waals surface area contributed by atoms with Crippen molar-refractivity contribution in [1.29, 1.82) is 0 Å². The van der Waals surface area contributed by atoms with E-state index in [2.05, 4.69) is 6.07 Å². The van der Waals surface area contributed by atoms with Crippen molar-refractivity contribution in [2.45, 2.75) is 32.1 Å². The molecule has 0 saturated heterocycles. The van der Waals surface area contributed by atoms with Gasteiger partial charge in [-0.05, 0) is 50.3 Å². The first-order valence-electron chi connectivity index (χ1n) is 7.49. The highest BCUT2D eigenvalue weighted by Gasteiger charge is 2.21. The van der Waals surface area contributed by atoms with Crippen molar-refractivity contribution >= 4 is 11.6 Å². The van der Waals surface area contributed by atoms with Crippen LogP contribution in [0.3, 0.4) is 0 Å². The second kappa shape index (κ2) is 8.02. The Labute approximate surface area is 120 Å². The van der Waals surface area contributed by atoms with Gasteiger partial charge in [0.2, 0.25) is 0 Å². The van der Waals surface area contributed by atoms with Gasteiger partial charge in [-0.2, -0.15) is 0 Å². The molecule has 0 spiro atoms. The third-order valence-electron chi connectivity index (χ3n) is 3.63. The summed E-state index contributed by atoms with van der Waals surface area (Å²) in [6.45, 7) is 2.34. The van der Waals surface area contributed by atoms with Gasteiger partial charge in [-0.3, -0.25) is 4.79 Å². The number of amides is 1. The largest absolute Gasteiger partial charge is 0.372 e. The topological polar surface area (TPSA) is 55.6 Å². The van der Waals surface area contributed by atoms with Crippen molar-refractivity contribution in [2.75, 3.05) is 31.2 Å². The normalized spacial score (nSPS) is 14.2. The van der Waals surface area contributed by atoms with Crippen LogP contribution in [0.15, 0.2) is 24.3 Å². The van der Waals surface area contributed by atoms with E-state index in [-0.39, 0.29) is 12.5 Å². The minimum atomic E-state index is 0.0657. The van der Waals surface area contributed by atoms with Gasteiger partial charge < -0.3 is 15.4 Å². The van der Waals surface area contributed by atoms with Gasteiger partial charge in [-0.1, -0.05) is 18.2 Å². The predicted molar refractivity (Wildman–Crippen MR) is 80.8 cm³/mol. The molecule has 0 fully saturated rings. The van der Waals surface area contributed by atoms with Gasteiger partial charge in [-0.25, -0.2) is 0 Å². The standard InChI is InChI=1S/C16H24N2O2/c17-10-4-1-5-12-20-13-16(19)18-11-6-8-14-7-2-3-9-15(14)18/h2-3,7,9H,1,4-6,8,10-13,17H2. The Bertz CT molecular complexity index is 434. The molecule has 1 aliphatic heterocycles. The van der Waals surface area contributed by atoms with Crippen molar-refractivity contribution in [3.05, 3.63) is 29.8 Å². The van der Waals surface area contributed by atoms with E-state index in [4.69, 9.17) is 10.5 Å². The third kappa shape index (κ3) is 4.05. The van der Waals surface area contributed by atoms with Crippen LogP contribution in [0.2, 0.25) is 0 Å². The number of carbonyl (C=O) groups is 1. The zero-order chi connectivity index (χ0) is 14.2. The SMILES string of the molecule is NCCCCCOCC(=O)N1CCCc2ccccc21. The molecule has 4 heteroatoms. The molecule has 20 heavy (non-hydrogen) atoms. The molecule has 0 aliphatic carbocycles. The Kier molecular flexibility index (Phi) is 6.02. The number of para-hydroxylation sites is 1. The van der Waals surface area contributed by atoms with Crippen LogP contribution >= 0.6 is 0 Å². The van der Waals surface area contributed by atoms with E-state index < -0.39 is 0 Å². The summed E-state index contributed by atoms with van der Waals surface area (Å²) in [6, 6.07) is 8.13. The van der Waals surface area contributed by atoms with Crippen LogP contribution in [0, 0.1) is 0 Å². The zero-order valence-corrected chi connectivity index (χ0v) is 12.0. The number of hydrogen-bond donors (Lipinski definition) is 1. The summed E-state index contributed by atoms with van der Waals surface area (Å²) in [6.07, 6.45) is 5.15. The van der Waals surface area contributed by atoms with Gasteiger partial charge in [0.05, 0.1) is 0 Å². The first kappa shape index (κ1) is 15.0. The number of nitrogens with two attached hydrogens (primary N) is 1. The fourth-order valence-corrected chi connectivity index (χ4v) is 2.56. The molecule has 0 bridgehead atoms. The van der Waals surface area contributed by atoms with Gasteiger partial charge in [0.1, 0.15) is 6.61 Å². The maximum Gasteiger partial charge on any atom is 0.252 e. The minimum absolute atomic E-state index is 0.0657. The molecule has 0 saturated carbocycles. The Morgan fingerprint density at radius 2 is 2.10 bits per heavy atom. The first-order valence-corrected chi connectivity index (χ1v) is 7.49. The van der Waals surface area contributed by atoms with Crippen molar-refractivity contribution in [1.82, 2.24) is 0 Å². The maximum absolute atomic E-state index is 12.2. The van der Waals surface area contributed by atoms with Crippen molar-refractivity contribution in [2.24, 2.45) is 5.73 Å². The summed E-state index contributed by atoms with van der Waals surface area (Å²) in [5.41, 5.74) is 7.74. The molecule has 1 aromatic carbocycles. The van der Waals surface area contributed by atoms with Crippen LogP contribution in [0.25, 0.3) is 0 Å². The monoisotopic (exact) mass is 276 g/mol. The first-order chi connectivity index (χ1) is 9.83. The summed E-state index contributed by atoms with van der Waals surface area (Å²) in [7, 11) is 0. The zero-order valence-electron chi connectivity index (χ0n) is 12.0. The summed E-state index contributed by atoms with van der Waals surface area (Å²) >= 11 is 0. The van der Waals surface area contributed by atoms with E-state index in [1.807, 2.05) is 23.1 Å². The number of aryl methyl sites for hydroxylation is 1. The van der Waals surface area contributed by atoms with Crippen LogP contribution in [0.5, 0.6) is 0 Å².